The Kier molecular flexibility index (Phi) is 2.21. The van der Waals surface area contributed by atoms with E-state index in [1.165, 1.54) is 0 Å². The average molecular weight is 203 g/mol. The van der Waals surface area contributed by atoms with Gasteiger partial charge in [0.05, 0.1) is 12.5 Å². The van der Waals surface area contributed by atoms with Crippen LogP contribution in [0, 0.1) is 0 Å². The van der Waals surface area contributed by atoms with Gasteiger partial charge in [-0.15, -0.1) is 0 Å². The monoisotopic (exact) mass is 202 g/mol. The van der Waals surface area contributed by atoms with Gasteiger partial charge >= 0.3 is 5.88 Å². The molecule has 0 saturated heterocycles. The van der Waals surface area contributed by atoms with Gasteiger partial charge in [-0.2, -0.15) is 0 Å². The lowest BCUT2D eigenvalue weighted by molar-refractivity contribution is -0.513. The number of hydrogen-bond donors (Lipinski definition) is 0. The van der Waals surface area contributed by atoms with Crippen molar-refractivity contribution in [2.24, 2.45) is 5.10 Å². The molecular formula is C6H7BrN2O. The Hall–Kier alpha value is -0.640. The van der Waals surface area contributed by atoms with Gasteiger partial charge in [-0.05, 0) is 4.68 Å². The molecule has 0 unspecified atom stereocenters. The van der Waals surface area contributed by atoms with Crippen LogP contribution >= 0.6 is 0 Å². The molecule has 0 aromatic heterocycles. The number of hydrogen-bond acceptors (Lipinski definition) is 2. The minimum absolute atomic E-state index is 0. The normalized spacial score (nSPS) is 20.0. The zero-order chi connectivity index (χ0) is 6.10. The Balaban J connectivity index is 0.000000500. The van der Waals surface area contributed by atoms with Crippen molar-refractivity contribution in [1.82, 2.24) is 0 Å². The smallest absolute Gasteiger partial charge is 0.400 e. The second kappa shape index (κ2) is 2.96. The van der Waals surface area contributed by atoms with E-state index in [-0.39, 0.29) is 17.0 Å². The van der Waals surface area contributed by atoms with Crippen LogP contribution in [0.25, 0.3) is 0 Å². The van der Waals surface area contributed by atoms with Crippen LogP contribution in [0.5, 0.6) is 0 Å². The fraction of sp³-hybridized carbons (Fsp3) is 0.333. The number of rotatable bonds is 0. The standard InChI is InChI=1S/C6H7N2O.BrH/c1-4-8-6(9-5-1)2-3-7-8;/h2-4H,1,5H2;1H/q+1;/p-1. The molecule has 0 aromatic rings. The Labute approximate surface area is 69.5 Å². The molecule has 0 bridgehead atoms. The van der Waals surface area contributed by atoms with Crippen LogP contribution in [-0.2, 0) is 4.74 Å². The highest BCUT2D eigenvalue weighted by Gasteiger charge is 2.21. The van der Waals surface area contributed by atoms with Crippen molar-refractivity contribution in [3.8, 4) is 0 Å². The van der Waals surface area contributed by atoms with Gasteiger partial charge in [0.1, 0.15) is 12.8 Å². The molecule has 0 aliphatic carbocycles. The van der Waals surface area contributed by atoms with Crippen molar-refractivity contribution in [3.63, 3.8) is 0 Å². The third-order valence-corrected chi connectivity index (χ3v) is 1.30. The summed E-state index contributed by atoms with van der Waals surface area (Å²) in [6.07, 6.45) is 6.56. The molecule has 54 valence electrons. The molecule has 2 aliphatic heterocycles. The van der Waals surface area contributed by atoms with E-state index in [2.05, 4.69) is 5.10 Å². The first-order valence-electron chi connectivity index (χ1n) is 2.96. The van der Waals surface area contributed by atoms with E-state index in [9.17, 15) is 0 Å². The molecule has 0 saturated carbocycles. The van der Waals surface area contributed by atoms with E-state index in [1.54, 1.807) is 10.9 Å². The summed E-state index contributed by atoms with van der Waals surface area (Å²) >= 11 is 0. The predicted molar refractivity (Wildman–Crippen MR) is 33.5 cm³/mol. The molecule has 3 nitrogen and oxygen atoms in total. The van der Waals surface area contributed by atoms with Crippen LogP contribution < -0.4 is 17.0 Å². The second-order valence-corrected chi connectivity index (χ2v) is 1.93. The van der Waals surface area contributed by atoms with E-state index >= 15 is 0 Å². The van der Waals surface area contributed by atoms with Crippen LogP contribution in [0.15, 0.2) is 17.1 Å². The first-order chi connectivity index (χ1) is 4.47. The van der Waals surface area contributed by atoms with E-state index in [1.807, 2.05) is 12.3 Å². The lowest BCUT2D eigenvalue weighted by Crippen LogP contribution is -3.00. The fourth-order valence-electron chi connectivity index (χ4n) is 0.892. The molecule has 0 aromatic carbocycles. The Morgan fingerprint density at radius 2 is 2.50 bits per heavy atom. The molecule has 0 atom stereocenters. The number of nitrogens with zero attached hydrogens (tertiary/aromatic N) is 2. The first-order valence-corrected chi connectivity index (χ1v) is 2.96. The van der Waals surface area contributed by atoms with Crippen molar-refractivity contribution < 1.29 is 26.4 Å². The van der Waals surface area contributed by atoms with Crippen LogP contribution in [0.4, 0.5) is 0 Å². The van der Waals surface area contributed by atoms with Crippen molar-refractivity contribution >= 4 is 12.4 Å². The van der Waals surface area contributed by atoms with Gasteiger partial charge in [-0.1, -0.05) is 0 Å². The van der Waals surface area contributed by atoms with Crippen molar-refractivity contribution in [2.75, 3.05) is 6.61 Å². The van der Waals surface area contributed by atoms with Crippen molar-refractivity contribution in [2.45, 2.75) is 6.42 Å². The molecule has 0 radical (unpaired) electrons. The topological polar surface area (TPSA) is 24.6 Å². The highest BCUT2D eigenvalue weighted by Crippen LogP contribution is 2.08. The summed E-state index contributed by atoms with van der Waals surface area (Å²) in [4.78, 5) is 0. The number of ether oxygens (including phenoxy) is 1. The number of fused-ring (bicyclic) bond motifs is 1. The Bertz CT molecular complexity index is 220. The molecule has 2 heterocycles. The summed E-state index contributed by atoms with van der Waals surface area (Å²) in [5.41, 5.74) is 0. The molecule has 0 N–H and O–H groups in total. The molecule has 2 aliphatic rings. The van der Waals surface area contributed by atoms with Crippen LogP contribution in [-0.4, -0.2) is 23.7 Å². The average Bonchev–Trinajstić information content (AvgIpc) is 2.33. The van der Waals surface area contributed by atoms with Crippen LogP contribution in [0.3, 0.4) is 0 Å². The molecule has 2 rings (SSSR count). The van der Waals surface area contributed by atoms with Gasteiger partial charge in [0.25, 0.3) is 0 Å². The fourth-order valence-corrected chi connectivity index (χ4v) is 0.892. The largest absolute Gasteiger partial charge is 1.00 e. The predicted octanol–water partition coefficient (Wildman–Crippen LogP) is -2.67. The van der Waals surface area contributed by atoms with Gasteiger partial charge in [0.2, 0.25) is 0 Å². The van der Waals surface area contributed by atoms with Gasteiger partial charge in [0, 0.05) is 5.10 Å². The number of halogens is 1. The highest BCUT2D eigenvalue weighted by atomic mass is 79.9. The van der Waals surface area contributed by atoms with E-state index in [4.69, 9.17) is 4.74 Å². The lowest BCUT2D eigenvalue weighted by Gasteiger charge is -2.02. The summed E-state index contributed by atoms with van der Waals surface area (Å²) in [7, 11) is 0. The van der Waals surface area contributed by atoms with Crippen molar-refractivity contribution in [1.29, 1.82) is 0 Å². The second-order valence-electron chi connectivity index (χ2n) is 1.93. The van der Waals surface area contributed by atoms with Crippen LogP contribution in [0.1, 0.15) is 6.42 Å². The van der Waals surface area contributed by atoms with Gasteiger partial charge < -0.3 is 21.7 Å². The molecule has 10 heavy (non-hydrogen) atoms. The van der Waals surface area contributed by atoms with E-state index in [0.717, 1.165) is 18.9 Å². The minimum atomic E-state index is 0. The third kappa shape index (κ3) is 1.11. The summed E-state index contributed by atoms with van der Waals surface area (Å²) in [6, 6.07) is 0. The molecular weight excluding hydrogens is 196 g/mol. The molecule has 0 spiro atoms. The maximum Gasteiger partial charge on any atom is 0.400 e. The lowest BCUT2D eigenvalue weighted by atomic mass is 10.4. The Morgan fingerprint density at radius 1 is 1.60 bits per heavy atom. The highest BCUT2D eigenvalue weighted by molar-refractivity contribution is 5.72. The van der Waals surface area contributed by atoms with Gasteiger partial charge in [-0.3, -0.25) is 0 Å². The van der Waals surface area contributed by atoms with Gasteiger partial charge in [0.15, 0.2) is 6.21 Å². The number of allylic oxidation sites excluding steroid dienone is 1. The molecule has 0 fully saturated rings. The first kappa shape index (κ1) is 7.47. The quantitative estimate of drug-likeness (QED) is 0.394. The van der Waals surface area contributed by atoms with Gasteiger partial charge in [-0.25, -0.2) is 0 Å². The maximum atomic E-state index is 5.23. The van der Waals surface area contributed by atoms with E-state index in [0.29, 0.717) is 0 Å². The molecule has 0 amide bonds. The summed E-state index contributed by atoms with van der Waals surface area (Å²) < 4.78 is 6.99. The SMILES string of the molecule is C1=N[N+]2=CCCOC2=C1.[Br-]. The zero-order valence-electron chi connectivity index (χ0n) is 5.33. The number of hydrazone groups is 1. The zero-order valence-corrected chi connectivity index (χ0v) is 6.91. The van der Waals surface area contributed by atoms with E-state index < -0.39 is 0 Å². The summed E-state index contributed by atoms with van der Waals surface area (Å²) in [6.45, 7) is 0.783. The molecule has 4 heteroatoms. The minimum Gasteiger partial charge on any atom is -1.00 e. The summed E-state index contributed by atoms with van der Waals surface area (Å²) in [5.74, 6) is 0.848. The summed E-state index contributed by atoms with van der Waals surface area (Å²) in [5, 5.41) is 3.99. The van der Waals surface area contributed by atoms with Crippen molar-refractivity contribution in [3.05, 3.63) is 12.0 Å². The third-order valence-electron chi connectivity index (χ3n) is 1.30. The van der Waals surface area contributed by atoms with Crippen LogP contribution in [0.2, 0.25) is 0 Å². The Morgan fingerprint density at radius 3 is 3.30 bits per heavy atom. The maximum absolute atomic E-state index is 5.23.